The minimum absolute atomic E-state index is 0.305. The van der Waals surface area contributed by atoms with Gasteiger partial charge < -0.3 is 14.8 Å². The Labute approximate surface area is 161 Å². The van der Waals surface area contributed by atoms with E-state index in [0.717, 1.165) is 5.56 Å². The molecule has 0 bridgehead atoms. The van der Waals surface area contributed by atoms with Crippen LogP contribution in [0.15, 0.2) is 36.4 Å². The van der Waals surface area contributed by atoms with E-state index in [-0.39, 0.29) is 5.91 Å². The van der Waals surface area contributed by atoms with Crippen LogP contribution in [0.4, 0.5) is 5.69 Å². The number of benzene rings is 2. The fourth-order valence-electron chi connectivity index (χ4n) is 2.03. The van der Waals surface area contributed by atoms with E-state index in [9.17, 15) is 4.79 Å². The molecule has 4 nitrogen and oxygen atoms in total. The van der Waals surface area contributed by atoms with Crippen LogP contribution in [-0.4, -0.2) is 19.6 Å². The number of hydrogen-bond donors (Lipinski definition) is 1. The molecule has 0 atom stereocenters. The molecule has 7 heteroatoms. The van der Waals surface area contributed by atoms with Gasteiger partial charge in [-0.15, -0.1) is 0 Å². The largest absolute Gasteiger partial charge is 0.493 e. The van der Waals surface area contributed by atoms with Gasteiger partial charge in [-0.2, -0.15) is 0 Å². The summed E-state index contributed by atoms with van der Waals surface area (Å²) in [6, 6.07) is 8.36. The van der Waals surface area contributed by atoms with E-state index in [4.69, 9.17) is 44.3 Å². The quantitative estimate of drug-likeness (QED) is 0.499. The molecule has 0 saturated carbocycles. The van der Waals surface area contributed by atoms with Crippen LogP contribution in [0.25, 0.3) is 6.08 Å². The van der Waals surface area contributed by atoms with Crippen molar-refractivity contribution in [2.45, 2.75) is 6.92 Å². The van der Waals surface area contributed by atoms with Crippen LogP contribution in [0.3, 0.4) is 0 Å². The monoisotopic (exact) mass is 399 g/mol. The van der Waals surface area contributed by atoms with Gasteiger partial charge in [-0.05, 0) is 42.8 Å². The Morgan fingerprint density at radius 2 is 1.80 bits per heavy atom. The molecule has 2 aromatic rings. The van der Waals surface area contributed by atoms with E-state index in [1.54, 1.807) is 25.3 Å². The van der Waals surface area contributed by atoms with Crippen molar-refractivity contribution in [2.24, 2.45) is 0 Å². The van der Waals surface area contributed by atoms with Crippen LogP contribution in [0.1, 0.15) is 12.5 Å². The van der Waals surface area contributed by atoms with Gasteiger partial charge >= 0.3 is 0 Å². The summed E-state index contributed by atoms with van der Waals surface area (Å²) >= 11 is 17.8. The maximum atomic E-state index is 12.1. The first kappa shape index (κ1) is 19.4. The maximum Gasteiger partial charge on any atom is 0.248 e. The Kier molecular flexibility index (Phi) is 7.00. The van der Waals surface area contributed by atoms with E-state index in [2.05, 4.69) is 5.32 Å². The number of rotatable bonds is 6. The van der Waals surface area contributed by atoms with Crippen LogP contribution in [0.2, 0.25) is 15.1 Å². The molecule has 0 radical (unpaired) electrons. The van der Waals surface area contributed by atoms with Gasteiger partial charge in [0.25, 0.3) is 0 Å². The molecular weight excluding hydrogens is 385 g/mol. The van der Waals surface area contributed by atoms with Gasteiger partial charge in [0.05, 0.1) is 34.5 Å². The Morgan fingerprint density at radius 3 is 2.48 bits per heavy atom. The predicted molar refractivity (Wildman–Crippen MR) is 103 cm³/mol. The van der Waals surface area contributed by atoms with Crippen LogP contribution < -0.4 is 14.8 Å². The second kappa shape index (κ2) is 8.99. The van der Waals surface area contributed by atoms with Gasteiger partial charge in [-0.25, -0.2) is 0 Å². The highest BCUT2D eigenvalue weighted by Gasteiger charge is 2.08. The van der Waals surface area contributed by atoms with Crippen molar-refractivity contribution >= 4 is 52.5 Å². The van der Waals surface area contributed by atoms with E-state index in [1.165, 1.54) is 18.2 Å². The Hall–Kier alpha value is -1.88. The third-order valence-corrected chi connectivity index (χ3v) is 4.22. The van der Waals surface area contributed by atoms with Crippen molar-refractivity contribution in [3.63, 3.8) is 0 Å². The first-order valence-electron chi connectivity index (χ1n) is 7.39. The van der Waals surface area contributed by atoms with Crippen LogP contribution in [-0.2, 0) is 4.79 Å². The molecule has 0 fully saturated rings. The molecule has 2 rings (SSSR count). The third-order valence-electron chi connectivity index (χ3n) is 3.18. The van der Waals surface area contributed by atoms with E-state index in [0.29, 0.717) is 38.9 Å². The van der Waals surface area contributed by atoms with Crippen molar-refractivity contribution in [1.29, 1.82) is 0 Å². The van der Waals surface area contributed by atoms with Gasteiger partial charge in [-0.3, -0.25) is 4.79 Å². The summed E-state index contributed by atoms with van der Waals surface area (Å²) in [6.45, 7) is 2.43. The summed E-state index contributed by atoms with van der Waals surface area (Å²) in [5, 5.41) is 3.58. The molecule has 0 heterocycles. The predicted octanol–water partition coefficient (Wildman–Crippen LogP) is 5.71. The van der Waals surface area contributed by atoms with Crippen LogP contribution in [0, 0.1) is 0 Å². The zero-order chi connectivity index (χ0) is 18.4. The highest BCUT2D eigenvalue weighted by molar-refractivity contribution is 6.44. The second-order valence-corrected chi connectivity index (χ2v) is 6.13. The van der Waals surface area contributed by atoms with Crippen molar-refractivity contribution in [3.05, 3.63) is 57.0 Å². The summed E-state index contributed by atoms with van der Waals surface area (Å²) in [7, 11) is 1.56. The van der Waals surface area contributed by atoms with Gasteiger partial charge in [0.1, 0.15) is 0 Å². The highest BCUT2D eigenvalue weighted by Crippen LogP contribution is 2.32. The lowest BCUT2D eigenvalue weighted by Crippen LogP contribution is -2.08. The third kappa shape index (κ3) is 5.30. The lowest BCUT2D eigenvalue weighted by molar-refractivity contribution is -0.111. The number of ether oxygens (including phenoxy) is 2. The van der Waals surface area contributed by atoms with Crippen LogP contribution in [0.5, 0.6) is 11.5 Å². The lowest BCUT2D eigenvalue weighted by Gasteiger charge is -2.09. The molecule has 1 N–H and O–H groups in total. The standard InChI is InChI=1S/C18H16Cl3NO3/c1-3-25-16-6-4-11(8-17(16)24-2)5-7-18(23)22-15-10-13(20)12(19)9-14(15)21/h4-10H,3H2,1-2H3,(H,22,23)/b7-5+. The molecule has 0 saturated heterocycles. The molecule has 0 spiro atoms. The van der Waals surface area contributed by atoms with Gasteiger partial charge in [0.2, 0.25) is 5.91 Å². The normalized spacial score (nSPS) is 10.8. The number of nitrogens with one attached hydrogen (secondary N) is 1. The molecule has 0 aromatic heterocycles. The van der Waals surface area contributed by atoms with Crippen molar-refractivity contribution in [2.75, 3.05) is 19.0 Å². The molecule has 1 amide bonds. The Balaban J connectivity index is 2.11. The smallest absolute Gasteiger partial charge is 0.248 e. The fraction of sp³-hybridized carbons (Fsp3) is 0.167. The summed E-state index contributed by atoms with van der Waals surface area (Å²) in [6.07, 6.45) is 3.03. The van der Waals surface area contributed by atoms with Crippen molar-refractivity contribution in [1.82, 2.24) is 0 Å². The summed E-state index contributed by atoms with van der Waals surface area (Å²) in [4.78, 5) is 12.1. The number of carbonyl (C=O) groups is 1. The molecule has 132 valence electrons. The first-order chi connectivity index (χ1) is 11.9. The zero-order valence-corrected chi connectivity index (χ0v) is 15.9. The molecule has 25 heavy (non-hydrogen) atoms. The Bertz CT molecular complexity index is 806. The SMILES string of the molecule is CCOc1ccc(/C=C/C(=O)Nc2cc(Cl)c(Cl)cc2Cl)cc1OC. The number of halogens is 3. The van der Waals surface area contributed by atoms with E-state index < -0.39 is 0 Å². The van der Waals surface area contributed by atoms with E-state index >= 15 is 0 Å². The summed E-state index contributed by atoms with van der Waals surface area (Å²) in [5.74, 6) is 0.888. The van der Waals surface area contributed by atoms with Crippen molar-refractivity contribution in [3.8, 4) is 11.5 Å². The average molecular weight is 401 g/mol. The number of carbonyl (C=O) groups excluding carboxylic acids is 1. The van der Waals surface area contributed by atoms with Crippen molar-refractivity contribution < 1.29 is 14.3 Å². The first-order valence-corrected chi connectivity index (χ1v) is 8.52. The molecule has 0 aliphatic carbocycles. The molecule has 2 aromatic carbocycles. The maximum absolute atomic E-state index is 12.1. The summed E-state index contributed by atoms with van der Waals surface area (Å²) < 4.78 is 10.7. The minimum Gasteiger partial charge on any atom is -0.493 e. The van der Waals surface area contributed by atoms with Gasteiger partial charge in [0, 0.05) is 6.08 Å². The average Bonchev–Trinajstić information content (AvgIpc) is 2.59. The van der Waals surface area contributed by atoms with Gasteiger partial charge in [-0.1, -0.05) is 40.9 Å². The number of hydrogen-bond acceptors (Lipinski definition) is 3. The number of anilines is 1. The van der Waals surface area contributed by atoms with Gasteiger partial charge in [0.15, 0.2) is 11.5 Å². The zero-order valence-electron chi connectivity index (χ0n) is 13.6. The van der Waals surface area contributed by atoms with E-state index in [1.807, 2.05) is 13.0 Å². The number of amides is 1. The minimum atomic E-state index is -0.354. The fourth-order valence-corrected chi connectivity index (χ4v) is 2.62. The molecule has 0 aliphatic rings. The summed E-state index contributed by atoms with van der Waals surface area (Å²) in [5.41, 5.74) is 1.17. The topological polar surface area (TPSA) is 47.6 Å². The highest BCUT2D eigenvalue weighted by atomic mass is 35.5. The molecular formula is C18H16Cl3NO3. The van der Waals surface area contributed by atoms with Crippen LogP contribution >= 0.6 is 34.8 Å². The second-order valence-electron chi connectivity index (χ2n) is 4.91. The molecule has 0 unspecified atom stereocenters. The molecule has 0 aliphatic heterocycles. The lowest BCUT2D eigenvalue weighted by atomic mass is 10.2. The number of methoxy groups -OCH3 is 1. The Morgan fingerprint density at radius 1 is 1.08 bits per heavy atom.